The van der Waals surface area contributed by atoms with Gasteiger partial charge in [-0.3, -0.25) is 4.79 Å². The lowest BCUT2D eigenvalue weighted by Gasteiger charge is -2.19. The van der Waals surface area contributed by atoms with Gasteiger partial charge in [0.05, 0.1) is 0 Å². The number of nitrogens with zero attached hydrogens (tertiary/aromatic N) is 1. The molecule has 1 aliphatic rings. The fourth-order valence-corrected chi connectivity index (χ4v) is 4.36. The highest BCUT2D eigenvalue weighted by Crippen LogP contribution is 2.40. The third-order valence-corrected chi connectivity index (χ3v) is 5.85. The molecule has 0 atom stereocenters. The zero-order valence-electron chi connectivity index (χ0n) is 11.9. The number of rotatable bonds is 0. The fraction of sp³-hybridized carbons (Fsp3) is 0.188. The molecule has 0 fully saturated rings. The second-order valence-electron chi connectivity index (χ2n) is 5.04. The molecule has 22 heavy (non-hydrogen) atoms. The van der Waals surface area contributed by atoms with Gasteiger partial charge in [-0.1, -0.05) is 0 Å². The van der Waals surface area contributed by atoms with Crippen LogP contribution in [0.2, 0.25) is 0 Å². The van der Waals surface area contributed by atoms with E-state index in [1.54, 1.807) is 28.0 Å². The summed E-state index contributed by atoms with van der Waals surface area (Å²) in [4.78, 5) is 13.8. The summed E-state index contributed by atoms with van der Waals surface area (Å²) in [5.41, 5.74) is 1.99. The lowest BCUT2D eigenvalue weighted by molar-refractivity contribution is -0.120. The number of aromatic hydroxyl groups is 2. The first-order valence-corrected chi connectivity index (χ1v) is 8.38. The van der Waals surface area contributed by atoms with Gasteiger partial charge < -0.3 is 10.2 Å². The summed E-state index contributed by atoms with van der Waals surface area (Å²) >= 11 is 2.72. The van der Waals surface area contributed by atoms with Crippen LogP contribution in [0.15, 0.2) is 46.2 Å². The molecule has 114 valence electrons. The molecule has 2 N–H and O–H groups in total. The number of hydrogen-bond donors (Lipinski definition) is 2. The lowest BCUT2D eigenvalue weighted by atomic mass is 10.0. The number of phenolic OH excluding ortho intramolecular Hbond substituents is 2. The standard InChI is InChI=1S/C16H15NO3S2/c1-10(18)17-21-15-6-4-13(19)8-11(15)2-3-12-9-14(20)5-7-16(12)22-17/h4-9,19-20H,2-3H2,1H3. The van der Waals surface area contributed by atoms with Gasteiger partial charge >= 0.3 is 0 Å². The van der Waals surface area contributed by atoms with Crippen LogP contribution in [0.4, 0.5) is 0 Å². The van der Waals surface area contributed by atoms with Crippen molar-refractivity contribution >= 4 is 29.8 Å². The van der Waals surface area contributed by atoms with Gasteiger partial charge in [-0.2, -0.15) is 0 Å². The van der Waals surface area contributed by atoms with Gasteiger partial charge in [0, 0.05) is 40.6 Å². The quantitative estimate of drug-likeness (QED) is 0.719. The van der Waals surface area contributed by atoms with Crippen LogP contribution < -0.4 is 0 Å². The maximum atomic E-state index is 11.9. The Balaban J connectivity index is 2.06. The van der Waals surface area contributed by atoms with Gasteiger partial charge in [0.1, 0.15) is 11.5 Å². The summed E-state index contributed by atoms with van der Waals surface area (Å²) in [5, 5.41) is 19.4. The van der Waals surface area contributed by atoms with Crippen LogP contribution in [0.3, 0.4) is 0 Å². The van der Waals surface area contributed by atoms with Crippen LogP contribution in [-0.2, 0) is 17.6 Å². The Morgan fingerprint density at radius 1 is 0.955 bits per heavy atom. The molecule has 0 unspecified atom stereocenters. The molecule has 3 rings (SSSR count). The first-order chi connectivity index (χ1) is 10.5. The molecular weight excluding hydrogens is 318 g/mol. The van der Waals surface area contributed by atoms with Gasteiger partial charge in [-0.05, 0) is 60.4 Å². The summed E-state index contributed by atoms with van der Waals surface area (Å²) in [7, 11) is 0. The molecule has 1 heterocycles. The molecular formula is C16H15NO3S2. The molecule has 0 aliphatic carbocycles. The Bertz CT molecular complexity index is 678. The number of fused-ring (bicyclic) bond motifs is 2. The monoisotopic (exact) mass is 333 g/mol. The van der Waals surface area contributed by atoms with Crippen molar-refractivity contribution in [1.29, 1.82) is 0 Å². The predicted molar refractivity (Wildman–Crippen MR) is 87.9 cm³/mol. The third kappa shape index (κ3) is 3.18. The van der Waals surface area contributed by atoms with E-state index < -0.39 is 0 Å². The molecule has 4 nitrogen and oxygen atoms in total. The minimum atomic E-state index is -0.0602. The smallest absolute Gasteiger partial charge is 0.240 e. The van der Waals surface area contributed by atoms with E-state index in [4.69, 9.17) is 0 Å². The average molecular weight is 333 g/mol. The van der Waals surface area contributed by atoms with Crippen molar-refractivity contribution in [3.05, 3.63) is 47.5 Å². The maximum absolute atomic E-state index is 11.9. The second-order valence-corrected chi connectivity index (χ2v) is 7.25. The third-order valence-electron chi connectivity index (χ3n) is 3.37. The average Bonchev–Trinajstić information content (AvgIpc) is 2.54. The molecule has 2 aromatic rings. The SMILES string of the molecule is CC(=O)N1Sc2ccc(O)cc2CCc2cc(O)ccc2S1. The van der Waals surface area contributed by atoms with Gasteiger partial charge in [-0.15, -0.1) is 0 Å². The van der Waals surface area contributed by atoms with Crippen LogP contribution >= 0.6 is 23.9 Å². The maximum Gasteiger partial charge on any atom is 0.240 e. The summed E-state index contributed by atoms with van der Waals surface area (Å²) in [5.74, 6) is 0.378. The molecule has 0 saturated carbocycles. The summed E-state index contributed by atoms with van der Waals surface area (Å²) in [6.07, 6.45) is 1.47. The van der Waals surface area contributed by atoms with E-state index in [1.165, 1.54) is 30.8 Å². The largest absolute Gasteiger partial charge is 0.508 e. The first kappa shape index (κ1) is 15.1. The van der Waals surface area contributed by atoms with Crippen molar-refractivity contribution in [3.8, 4) is 11.5 Å². The molecule has 0 bridgehead atoms. The highest BCUT2D eigenvalue weighted by atomic mass is 32.2. The Labute approximate surface area is 137 Å². The zero-order chi connectivity index (χ0) is 15.7. The zero-order valence-corrected chi connectivity index (χ0v) is 13.6. The molecule has 0 aromatic heterocycles. The number of carbonyl (C=O) groups excluding carboxylic acids is 1. The normalized spacial score (nSPS) is 14.3. The van der Waals surface area contributed by atoms with E-state index >= 15 is 0 Å². The molecule has 0 saturated heterocycles. The van der Waals surface area contributed by atoms with E-state index in [0.29, 0.717) is 0 Å². The van der Waals surface area contributed by atoms with E-state index in [0.717, 1.165) is 33.8 Å². The van der Waals surface area contributed by atoms with Crippen LogP contribution in [0.5, 0.6) is 11.5 Å². The summed E-state index contributed by atoms with van der Waals surface area (Å²) in [6.45, 7) is 1.53. The minimum absolute atomic E-state index is 0.0602. The number of hydrogen-bond acceptors (Lipinski definition) is 5. The second kappa shape index (κ2) is 6.14. The summed E-state index contributed by atoms with van der Waals surface area (Å²) < 4.78 is 1.62. The molecule has 0 radical (unpaired) electrons. The van der Waals surface area contributed by atoms with Gasteiger partial charge in [0.2, 0.25) is 5.91 Å². The van der Waals surface area contributed by atoms with Gasteiger partial charge in [-0.25, -0.2) is 3.71 Å². The van der Waals surface area contributed by atoms with Gasteiger partial charge in [0.15, 0.2) is 0 Å². The molecule has 1 aliphatic heterocycles. The molecule has 0 spiro atoms. The van der Waals surface area contributed by atoms with Crippen molar-refractivity contribution in [2.45, 2.75) is 29.6 Å². The Hall–Kier alpha value is -1.79. The van der Waals surface area contributed by atoms with Crippen molar-refractivity contribution < 1.29 is 15.0 Å². The van der Waals surface area contributed by atoms with Crippen molar-refractivity contribution in [2.75, 3.05) is 0 Å². The Kier molecular flexibility index (Phi) is 4.22. The fourth-order valence-electron chi connectivity index (χ4n) is 2.30. The number of amides is 1. The van der Waals surface area contributed by atoms with Crippen molar-refractivity contribution in [1.82, 2.24) is 3.71 Å². The number of benzene rings is 2. The molecule has 6 heteroatoms. The summed E-state index contributed by atoms with van der Waals surface area (Å²) in [6, 6.07) is 10.4. The van der Waals surface area contributed by atoms with Crippen LogP contribution in [0.25, 0.3) is 0 Å². The number of phenols is 2. The Morgan fingerprint density at radius 2 is 1.41 bits per heavy atom. The van der Waals surface area contributed by atoms with E-state index in [2.05, 4.69) is 0 Å². The van der Waals surface area contributed by atoms with Crippen LogP contribution in [0.1, 0.15) is 18.1 Å². The van der Waals surface area contributed by atoms with E-state index in [1.807, 2.05) is 12.1 Å². The topological polar surface area (TPSA) is 60.8 Å². The van der Waals surface area contributed by atoms with E-state index in [-0.39, 0.29) is 17.4 Å². The molecule has 2 aromatic carbocycles. The van der Waals surface area contributed by atoms with E-state index in [9.17, 15) is 15.0 Å². The number of carbonyl (C=O) groups is 1. The van der Waals surface area contributed by atoms with Crippen LogP contribution in [-0.4, -0.2) is 19.8 Å². The number of aryl methyl sites for hydroxylation is 2. The van der Waals surface area contributed by atoms with Crippen molar-refractivity contribution in [3.63, 3.8) is 0 Å². The Morgan fingerprint density at radius 3 is 1.82 bits per heavy atom. The van der Waals surface area contributed by atoms with Crippen molar-refractivity contribution in [2.24, 2.45) is 0 Å². The molecule has 1 amide bonds. The lowest BCUT2D eigenvalue weighted by Crippen LogP contribution is -2.13. The van der Waals surface area contributed by atoms with Gasteiger partial charge in [0.25, 0.3) is 0 Å². The minimum Gasteiger partial charge on any atom is -0.508 e. The highest BCUT2D eigenvalue weighted by molar-refractivity contribution is 8.12. The predicted octanol–water partition coefficient (Wildman–Crippen LogP) is 3.76. The first-order valence-electron chi connectivity index (χ1n) is 6.83. The van der Waals surface area contributed by atoms with Crippen LogP contribution in [0, 0.1) is 0 Å². The highest BCUT2D eigenvalue weighted by Gasteiger charge is 2.20.